The van der Waals surface area contributed by atoms with E-state index in [0.29, 0.717) is 0 Å². The first kappa shape index (κ1) is 10.4. The molecule has 0 aromatic rings. The highest BCUT2D eigenvalue weighted by atomic mass is 28.3. The molecule has 62 valence electrons. The molecule has 0 atom stereocenters. The van der Waals surface area contributed by atoms with Gasteiger partial charge in [-0.25, -0.2) is 0 Å². The Hall–Kier alpha value is -0.563. The molecule has 0 heterocycles. The Balaban J connectivity index is 4.73. The Morgan fingerprint density at radius 2 is 1.91 bits per heavy atom. The predicted molar refractivity (Wildman–Crippen MR) is 52.2 cm³/mol. The van der Waals surface area contributed by atoms with Gasteiger partial charge >= 0.3 is 0 Å². The lowest BCUT2D eigenvalue weighted by Crippen LogP contribution is -2.25. The molecule has 0 saturated carbocycles. The van der Waals surface area contributed by atoms with E-state index >= 15 is 0 Å². The predicted octanol–water partition coefficient (Wildman–Crippen LogP) is 2.12. The van der Waals surface area contributed by atoms with Gasteiger partial charge < -0.3 is 5.11 Å². The van der Waals surface area contributed by atoms with E-state index in [1.165, 1.54) is 0 Å². The van der Waals surface area contributed by atoms with Gasteiger partial charge in [-0.2, -0.15) is 0 Å². The molecule has 0 aromatic heterocycles. The van der Waals surface area contributed by atoms with Crippen LogP contribution in [0, 0.1) is 0 Å². The van der Waals surface area contributed by atoms with E-state index < -0.39 is 8.07 Å². The largest absolute Gasteiger partial charge is 0.392 e. The van der Waals surface area contributed by atoms with Crippen LogP contribution in [0.3, 0.4) is 0 Å². The summed E-state index contributed by atoms with van der Waals surface area (Å²) < 4.78 is 0. The molecule has 0 fully saturated rings. The molecule has 11 heavy (non-hydrogen) atoms. The van der Waals surface area contributed by atoms with Crippen LogP contribution < -0.4 is 0 Å². The second-order valence-electron chi connectivity index (χ2n) is 3.56. The van der Waals surface area contributed by atoms with Crippen LogP contribution in [-0.2, 0) is 0 Å². The zero-order chi connectivity index (χ0) is 9.07. The van der Waals surface area contributed by atoms with Crippen LogP contribution in [0.1, 0.15) is 0 Å². The number of aliphatic hydroxyl groups is 1. The molecule has 1 nitrogen and oxygen atoms in total. The smallest absolute Gasteiger partial charge is 0.0879 e. The monoisotopic (exact) mass is 168 g/mol. The topological polar surface area (TPSA) is 20.2 Å². The quantitative estimate of drug-likeness (QED) is 0.389. The van der Waals surface area contributed by atoms with Crippen LogP contribution in [0.4, 0.5) is 0 Å². The number of aliphatic hydroxyl groups excluding tert-OH is 1. The van der Waals surface area contributed by atoms with Crippen molar-refractivity contribution in [1.29, 1.82) is 0 Å². The minimum Gasteiger partial charge on any atom is -0.392 e. The summed E-state index contributed by atoms with van der Waals surface area (Å²) in [6.45, 7) is 13.9. The summed E-state index contributed by atoms with van der Waals surface area (Å²) in [5.74, 6) is 0. The van der Waals surface area contributed by atoms with Crippen molar-refractivity contribution in [2.24, 2.45) is 0 Å². The fourth-order valence-electron chi connectivity index (χ4n) is 1.000. The van der Waals surface area contributed by atoms with Crippen molar-refractivity contribution in [2.45, 2.75) is 19.6 Å². The number of hydrogen-bond acceptors (Lipinski definition) is 1. The third kappa shape index (κ3) is 2.89. The maximum atomic E-state index is 8.83. The minimum atomic E-state index is -1.39. The van der Waals surface area contributed by atoms with E-state index in [1.54, 1.807) is 0 Å². The molecule has 0 aromatic carbocycles. The molecule has 0 saturated heterocycles. The second kappa shape index (κ2) is 3.72. The molecule has 0 radical (unpaired) electrons. The summed E-state index contributed by atoms with van der Waals surface area (Å²) in [5, 5.41) is 9.88. The maximum Gasteiger partial charge on any atom is 0.0879 e. The molecule has 0 rings (SSSR count). The fourth-order valence-corrected chi connectivity index (χ4v) is 2.67. The van der Waals surface area contributed by atoms with E-state index in [-0.39, 0.29) is 6.61 Å². The summed E-state index contributed by atoms with van der Waals surface area (Å²) in [6.07, 6.45) is 0. The van der Waals surface area contributed by atoms with Gasteiger partial charge in [-0.1, -0.05) is 32.8 Å². The maximum absolute atomic E-state index is 8.83. The van der Waals surface area contributed by atoms with Crippen molar-refractivity contribution in [2.75, 3.05) is 6.61 Å². The lowest BCUT2D eigenvalue weighted by molar-refractivity contribution is 0.335. The first-order chi connectivity index (χ1) is 4.93. The van der Waals surface area contributed by atoms with Crippen LogP contribution in [-0.4, -0.2) is 19.8 Å². The van der Waals surface area contributed by atoms with Gasteiger partial charge in [-0.05, 0) is 10.8 Å². The van der Waals surface area contributed by atoms with Crippen LogP contribution in [0.15, 0.2) is 29.7 Å². The Kier molecular flexibility index (Phi) is 3.53. The van der Waals surface area contributed by atoms with Crippen molar-refractivity contribution < 1.29 is 5.11 Å². The normalized spacial score (nSPS) is 10.5. The molecule has 0 bridgehead atoms. The molecular weight excluding hydrogens is 152 g/mol. The van der Waals surface area contributed by atoms with Gasteiger partial charge in [-0.15, -0.1) is 5.73 Å². The van der Waals surface area contributed by atoms with E-state index in [4.69, 9.17) is 5.11 Å². The van der Waals surface area contributed by atoms with Crippen LogP contribution >= 0.6 is 0 Å². The van der Waals surface area contributed by atoms with Crippen molar-refractivity contribution in [1.82, 2.24) is 0 Å². The van der Waals surface area contributed by atoms with E-state index in [1.807, 2.05) is 0 Å². The molecule has 0 aliphatic heterocycles. The van der Waals surface area contributed by atoms with Gasteiger partial charge in [0.25, 0.3) is 0 Å². The molecule has 2 heteroatoms. The van der Waals surface area contributed by atoms with Crippen molar-refractivity contribution >= 4 is 8.07 Å². The third-order valence-corrected chi connectivity index (χ3v) is 3.50. The first-order valence-electron chi connectivity index (χ1n) is 3.63. The van der Waals surface area contributed by atoms with Crippen molar-refractivity contribution in [3.05, 3.63) is 29.7 Å². The van der Waals surface area contributed by atoms with Gasteiger partial charge in [0.1, 0.15) is 0 Å². The second-order valence-corrected chi connectivity index (χ2v) is 8.56. The highest BCUT2D eigenvalue weighted by Crippen LogP contribution is 2.19. The number of hydrogen-bond donors (Lipinski definition) is 1. The fraction of sp³-hybridized carbons (Fsp3) is 0.444. The highest BCUT2D eigenvalue weighted by Gasteiger charge is 2.20. The van der Waals surface area contributed by atoms with Gasteiger partial charge in [0.05, 0.1) is 14.7 Å². The molecule has 0 unspecified atom stereocenters. The molecule has 1 N–H and O–H groups in total. The lowest BCUT2D eigenvalue weighted by atomic mass is 10.3. The van der Waals surface area contributed by atoms with Gasteiger partial charge in [0.15, 0.2) is 0 Å². The zero-order valence-electron chi connectivity index (χ0n) is 7.57. The summed E-state index contributed by atoms with van der Waals surface area (Å²) in [4.78, 5) is 0. The molecule has 0 aliphatic carbocycles. The van der Waals surface area contributed by atoms with Crippen LogP contribution in [0.25, 0.3) is 0 Å². The van der Waals surface area contributed by atoms with Gasteiger partial charge in [-0.3, -0.25) is 0 Å². The van der Waals surface area contributed by atoms with Crippen molar-refractivity contribution in [3.63, 3.8) is 0 Å². The summed E-state index contributed by atoms with van der Waals surface area (Å²) in [5.41, 5.74) is 3.62. The number of rotatable bonds is 3. The lowest BCUT2D eigenvalue weighted by Gasteiger charge is -2.19. The van der Waals surface area contributed by atoms with Crippen molar-refractivity contribution in [3.8, 4) is 0 Å². The Morgan fingerprint density at radius 3 is 2.00 bits per heavy atom. The first-order valence-corrected chi connectivity index (χ1v) is 7.13. The zero-order valence-corrected chi connectivity index (χ0v) is 8.57. The summed E-state index contributed by atoms with van der Waals surface area (Å²) >= 11 is 0. The Bertz CT molecular complexity index is 204. The SMILES string of the molecule is C=C=C(C(=C)CO)[Si](C)(C)C. The summed E-state index contributed by atoms with van der Waals surface area (Å²) in [7, 11) is -1.39. The van der Waals surface area contributed by atoms with Gasteiger partial charge in [0, 0.05) is 0 Å². The highest BCUT2D eigenvalue weighted by molar-refractivity contribution is 6.83. The van der Waals surface area contributed by atoms with E-state index in [2.05, 4.69) is 38.5 Å². The third-order valence-electron chi connectivity index (χ3n) is 1.47. The van der Waals surface area contributed by atoms with E-state index in [9.17, 15) is 0 Å². The molecule has 0 amide bonds. The minimum absolute atomic E-state index is 0.0160. The summed E-state index contributed by atoms with van der Waals surface area (Å²) in [6, 6.07) is 0. The molecule has 0 aliphatic rings. The molecular formula is C9H16OSi. The molecule has 0 spiro atoms. The average molecular weight is 168 g/mol. The van der Waals surface area contributed by atoms with Gasteiger partial charge in [0.2, 0.25) is 0 Å². The standard InChI is InChI=1S/C9H16OSi/c1-6-9(8(2)7-10)11(3,4)5/h10H,1-2,7H2,3-5H3. The Labute approximate surface area is 69.8 Å². The van der Waals surface area contributed by atoms with E-state index in [0.717, 1.165) is 10.8 Å². The average Bonchev–Trinajstić information content (AvgIpc) is 1.86. The Morgan fingerprint density at radius 1 is 1.45 bits per heavy atom. The van der Waals surface area contributed by atoms with Crippen LogP contribution in [0.5, 0.6) is 0 Å². The van der Waals surface area contributed by atoms with Crippen LogP contribution in [0.2, 0.25) is 19.6 Å².